The van der Waals surface area contributed by atoms with Crippen LogP contribution in [0, 0.1) is 6.92 Å². The van der Waals surface area contributed by atoms with E-state index in [-0.39, 0.29) is 5.91 Å². The molecule has 2 rings (SSSR count). The molecule has 2 aromatic heterocycles. The van der Waals surface area contributed by atoms with Gasteiger partial charge in [0.2, 0.25) is 0 Å². The van der Waals surface area contributed by atoms with Crippen molar-refractivity contribution in [2.45, 2.75) is 26.8 Å². The number of aromatic nitrogens is 3. The normalized spacial score (nSPS) is 10.5. The third kappa shape index (κ3) is 3.57. The van der Waals surface area contributed by atoms with Crippen LogP contribution in [0.15, 0.2) is 24.5 Å². The first-order valence-corrected chi connectivity index (χ1v) is 6.62. The number of hydrogen-bond donors (Lipinski definition) is 2. The monoisotopic (exact) mass is 273 g/mol. The molecule has 1 amide bonds. The van der Waals surface area contributed by atoms with E-state index in [1.54, 1.807) is 23.0 Å². The second kappa shape index (κ2) is 6.18. The van der Waals surface area contributed by atoms with Gasteiger partial charge in [0.25, 0.3) is 5.91 Å². The van der Waals surface area contributed by atoms with Gasteiger partial charge in [0, 0.05) is 24.0 Å². The maximum Gasteiger partial charge on any atom is 0.251 e. The zero-order valence-electron chi connectivity index (χ0n) is 11.8. The number of aryl methyl sites for hydroxylation is 2. The number of rotatable bonds is 5. The first-order valence-electron chi connectivity index (χ1n) is 6.62. The molecule has 0 aliphatic rings. The van der Waals surface area contributed by atoms with Gasteiger partial charge in [-0.2, -0.15) is 5.10 Å². The molecule has 0 bridgehead atoms. The van der Waals surface area contributed by atoms with E-state index in [1.807, 2.05) is 20.0 Å². The summed E-state index contributed by atoms with van der Waals surface area (Å²) in [6.45, 7) is 5.11. The molecule has 0 unspecified atom stereocenters. The highest BCUT2D eigenvalue weighted by Crippen LogP contribution is 2.08. The zero-order chi connectivity index (χ0) is 14.5. The number of hydrogen-bond acceptors (Lipinski definition) is 4. The van der Waals surface area contributed by atoms with Crippen molar-refractivity contribution in [2.24, 2.45) is 0 Å². The number of pyridine rings is 1. The predicted octanol–water partition coefficient (Wildman–Crippen LogP) is 1.16. The number of carbonyl (C=O) groups excluding carboxylic acids is 1. The molecule has 0 fully saturated rings. The van der Waals surface area contributed by atoms with E-state index in [0.29, 0.717) is 24.5 Å². The quantitative estimate of drug-likeness (QED) is 0.856. The third-order valence-corrected chi connectivity index (χ3v) is 2.91. The van der Waals surface area contributed by atoms with Crippen molar-refractivity contribution in [3.63, 3.8) is 0 Å². The van der Waals surface area contributed by atoms with E-state index < -0.39 is 0 Å². The minimum atomic E-state index is -0.141. The van der Waals surface area contributed by atoms with E-state index in [1.165, 1.54) is 0 Å². The van der Waals surface area contributed by atoms with Crippen LogP contribution in [0.4, 0.5) is 5.82 Å². The summed E-state index contributed by atoms with van der Waals surface area (Å²) in [5.41, 5.74) is 8.16. The Morgan fingerprint density at radius 3 is 2.90 bits per heavy atom. The van der Waals surface area contributed by atoms with Gasteiger partial charge >= 0.3 is 0 Å². The number of amides is 1. The minimum absolute atomic E-state index is 0.141. The molecule has 0 spiro atoms. The lowest BCUT2D eigenvalue weighted by atomic mass is 10.2. The van der Waals surface area contributed by atoms with Crippen LogP contribution in [0.25, 0.3) is 0 Å². The zero-order valence-corrected chi connectivity index (χ0v) is 11.8. The van der Waals surface area contributed by atoms with Crippen LogP contribution in [0.2, 0.25) is 0 Å². The van der Waals surface area contributed by atoms with Crippen molar-refractivity contribution in [2.75, 3.05) is 12.3 Å². The van der Waals surface area contributed by atoms with Crippen molar-refractivity contribution in [1.29, 1.82) is 0 Å². The average molecular weight is 273 g/mol. The topological polar surface area (TPSA) is 85.8 Å². The average Bonchev–Trinajstić information content (AvgIpc) is 2.83. The minimum Gasteiger partial charge on any atom is -0.384 e. The standard InChI is InChI=1S/C14H19N5O/c1-3-12-6-11(7-13(15)18-12)14(20)16-4-5-19-9-10(2)8-17-19/h6-9H,3-5H2,1-2H3,(H2,15,18)(H,16,20). The van der Waals surface area contributed by atoms with Crippen LogP contribution < -0.4 is 11.1 Å². The summed E-state index contributed by atoms with van der Waals surface area (Å²) in [7, 11) is 0. The van der Waals surface area contributed by atoms with Crippen molar-refractivity contribution in [1.82, 2.24) is 20.1 Å². The first kappa shape index (κ1) is 14.0. The summed E-state index contributed by atoms with van der Waals surface area (Å²) >= 11 is 0. The lowest BCUT2D eigenvalue weighted by Crippen LogP contribution is -2.27. The largest absolute Gasteiger partial charge is 0.384 e. The second-order valence-electron chi connectivity index (χ2n) is 4.66. The lowest BCUT2D eigenvalue weighted by Gasteiger charge is -2.07. The molecule has 0 saturated heterocycles. The van der Waals surface area contributed by atoms with E-state index in [9.17, 15) is 4.79 Å². The third-order valence-electron chi connectivity index (χ3n) is 2.91. The number of nitrogen functional groups attached to an aromatic ring is 1. The molecule has 0 saturated carbocycles. The molecule has 0 aliphatic carbocycles. The molecular weight excluding hydrogens is 254 g/mol. The molecule has 0 atom stereocenters. The van der Waals surface area contributed by atoms with Gasteiger partial charge in [0.1, 0.15) is 5.82 Å². The van der Waals surface area contributed by atoms with E-state index >= 15 is 0 Å². The number of anilines is 1. The second-order valence-corrected chi connectivity index (χ2v) is 4.66. The van der Waals surface area contributed by atoms with Crippen molar-refractivity contribution < 1.29 is 4.79 Å². The fourth-order valence-electron chi connectivity index (χ4n) is 1.90. The number of nitrogens with zero attached hydrogens (tertiary/aromatic N) is 3. The Balaban J connectivity index is 1.93. The smallest absolute Gasteiger partial charge is 0.251 e. The van der Waals surface area contributed by atoms with Gasteiger partial charge in [-0.1, -0.05) is 6.92 Å². The maximum absolute atomic E-state index is 12.0. The van der Waals surface area contributed by atoms with Gasteiger partial charge in [-0.3, -0.25) is 9.48 Å². The highest BCUT2D eigenvalue weighted by molar-refractivity contribution is 5.94. The molecule has 3 N–H and O–H groups in total. The van der Waals surface area contributed by atoms with Gasteiger partial charge < -0.3 is 11.1 Å². The van der Waals surface area contributed by atoms with E-state index in [4.69, 9.17) is 5.73 Å². The Hall–Kier alpha value is -2.37. The van der Waals surface area contributed by atoms with Crippen LogP contribution in [-0.4, -0.2) is 27.2 Å². The molecule has 0 radical (unpaired) electrons. The van der Waals surface area contributed by atoms with Crippen LogP contribution >= 0.6 is 0 Å². The Kier molecular flexibility index (Phi) is 4.34. The predicted molar refractivity (Wildman–Crippen MR) is 77.3 cm³/mol. The first-order chi connectivity index (χ1) is 9.58. The molecule has 0 aromatic carbocycles. The number of nitrogens with one attached hydrogen (secondary N) is 1. The highest BCUT2D eigenvalue weighted by atomic mass is 16.1. The van der Waals surface area contributed by atoms with Gasteiger partial charge in [-0.15, -0.1) is 0 Å². The summed E-state index contributed by atoms with van der Waals surface area (Å²) in [5.74, 6) is 0.231. The maximum atomic E-state index is 12.0. The summed E-state index contributed by atoms with van der Waals surface area (Å²) in [4.78, 5) is 16.2. The molecule has 6 heteroatoms. The van der Waals surface area contributed by atoms with Gasteiger partial charge in [-0.05, 0) is 31.0 Å². The Morgan fingerprint density at radius 1 is 1.45 bits per heavy atom. The van der Waals surface area contributed by atoms with Crippen LogP contribution in [0.3, 0.4) is 0 Å². The Bertz CT molecular complexity index is 605. The molecule has 0 aliphatic heterocycles. The van der Waals surface area contributed by atoms with Gasteiger partial charge in [0.15, 0.2) is 0 Å². The van der Waals surface area contributed by atoms with E-state index in [2.05, 4.69) is 15.4 Å². The fraction of sp³-hybridized carbons (Fsp3) is 0.357. The molecule has 2 aromatic rings. The SMILES string of the molecule is CCc1cc(C(=O)NCCn2cc(C)cn2)cc(N)n1. The lowest BCUT2D eigenvalue weighted by molar-refractivity contribution is 0.0951. The van der Waals surface area contributed by atoms with Gasteiger partial charge in [0.05, 0.1) is 12.7 Å². The number of carbonyl (C=O) groups is 1. The highest BCUT2D eigenvalue weighted by Gasteiger charge is 2.08. The van der Waals surface area contributed by atoms with Gasteiger partial charge in [-0.25, -0.2) is 4.98 Å². The van der Waals surface area contributed by atoms with E-state index in [0.717, 1.165) is 17.7 Å². The summed E-state index contributed by atoms with van der Waals surface area (Å²) < 4.78 is 1.80. The summed E-state index contributed by atoms with van der Waals surface area (Å²) in [5, 5.41) is 7.01. The molecule has 106 valence electrons. The van der Waals surface area contributed by atoms with Crippen molar-refractivity contribution in [3.05, 3.63) is 41.3 Å². The van der Waals surface area contributed by atoms with Crippen LogP contribution in [0.1, 0.15) is 28.5 Å². The molecule has 20 heavy (non-hydrogen) atoms. The summed E-state index contributed by atoms with van der Waals surface area (Å²) in [6, 6.07) is 3.36. The van der Waals surface area contributed by atoms with Crippen LogP contribution in [-0.2, 0) is 13.0 Å². The van der Waals surface area contributed by atoms with Crippen LogP contribution in [0.5, 0.6) is 0 Å². The van der Waals surface area contributed by atoms with Crippen molar-refractivity contribution >= 4 is 11.7 Å². The Labute approximate surface area is 118 Å². The molecular formula is C14H19N5O. The molecule has 6 nitrogen and oxygen atoms in total. The summed E-state index contributed by atoms with van der Waals surface area (Å²) in [6.07, 6.45) is 4.47. The molecule has 2 heterocycles. The fourth-order valence-corrected chi connectivity index (χ4v) is 1.90. The Morgan fingerprint density at radius 2 is 2.25 bits per heavy atom. The van der Waals surface area contributed by atoms with Crippen molar-refractivity contribution in [3.8, 4) is 0 Å². The number of nitrogens with two attached hydrogens (primary N) is 1.